The van der Waals surface area contributed by atoms with E-state index in [1.54, 1.807) is 25.4 Å². The first-order valence-corrected chi connectivity index (χ1v) is 5.00. The van der Waals surface area contributed by atoms with Crippen LogP contribution >= 0.6 is 15.9 Å². The fraction of sp³-hybridized carbons (Fsp3) is 0.444. The fourth-order valence-electron chi connectivity index (χ4n) is 0.931. The summed E-state index contributed by atoms with van der Waals surface area (Å²) in [4.78, 5) is 3.91. The van der Waals surface area contributed by atoms with E-state index in [1.165, 1.54) is 0 Å². The molecule has 0 spiro atoms. The van der Waals surface area contributed by atoms with Crippen molar-refractivity contribution >= 4 is 21.6 Å². The molecule has 78 valence electrons. The number of halogens is 1. The standard InChI is InChI=1S/C9H13BrN2O2/c1-9(5-13,6-14)12-8-2-3-11-4-7(8)10/h2-4,13-14H,5-6H2,1H3,(H,11,12). The molecule has 0 fully saturated rings. The molecule has 0 saturated carbocycles. The van der Waals surface area contributed by atoms with Gasteiger partial charge in [0.1, 0.15) is 0 Å². The normalized spacial score (nSPS) is 11.4. The molecule has 1 heterocycles. The van der Waals surface area contributed by atoms with Gasteiger partial charge in [0.15, 0.2) is 0 Å². The number of pyridine rings is 1. The minimum Gasteiger partial charge on any atom is -0.394 e. The van der Waals surface area contributed by atoms with E-state index >= 15 is 0 Å². The highest BCUT2D eigenvalue weighted by Crippen LogP contribution is 2.23. The van der Waals surface area contributed by atoms with Crippen LogP contribution in [-0.4, -0.2) is 33.9 Å². The van der Waals surface area contributed by atoms with Crippen LogP contribution in [0.1, 0.15) is 6.92 Å². The molecular formula is C9H13BrN2O2. The van der Waals surface area contributed by atoms with E-state index in [1.807, 2.05) is 0 Å². The number of aromatic nitrogens is 1. The third-order valence-corrected chi connectivity index (χ3v) is 2.54. The first-order chi connectivity index (χ1) is 6.61. The van der Waals surface area contributed by atoms with Crippen LogP contribution in [0.3, 0.4) is 0 Å². The van der Waals surface area contributed by atoms with Gasteiger partial charge in [0.05, 0.1) is 28.9 Å². The monoisotopic (exact) mass is 260 g/mol. The zero-order chi connectivity index (χ0) is 10.6. The molecule has 0 saturated heterocycles. The molecule has 0 aromatic carbocycles. The molecule has 0 amide bonds. The number of hydrogen-bond donors (Lipinski definition) is 3. The molecule has 0 aliphatic rings. The molecular weight excluding hydrogens is 248 g/mol. The summed E-state index contributed by atoms with van der Waals surface area (Å²) >= 11 is 3.32. The molecule has 0 atom stereocenters. The Morgan fingerprint density at radius 1 is 1.50 bits per heavy atom. The van der Waals surface area contributed by atoms with E-state index in [4.69, 9.17) is 10.2 Å². The van der Waals surface area contributed by atoms with E-state index in [9.17, 15) is 0 Å². The summed E-state index contributed by atoms with van der Waals surface area (Å²) in [5.41, 5.74) is 0.0785. The van der Waals surface area contributed by atoms with Gasteiger partial charge in [-0.3, -0.25) is 4.98 Å². The van der Waals surface area contributed by atoms with E-state index < -0.39 is 5.54 Å². The Hall–Kier alpha value is -0.650. The van der Waals surface area contributed by atoms with Crippen molar-refractivity contribution in [2.45, 2.75) is 12.5 Å². The van der Waals surface area contributed by atoms with Crippen molar-refractivity contribution in [2.75, 3.05) is 18.5 Å². The van der Waals surface area contributed by atoms with Crippen molar-refractivity contribution in [3.8, 4) is 0 Å². The predicted octanol–water partition coefficient (Wildman–Crippen LogP) is 0.999. The van der Waals surface area contributed by atoms with Crippen molar-refractivity contribution < 1.29 is 10.2 Å². The average molecular weight is 261 g/mol. The van der Waals surface area contributed by atoms with Gasteiger partial charge in [-0.2, -0.15) is 0 Å². The van der Waals surface area contributed by atoms with E-state index in [0.717, 1.165) is 10.2 Å². The molecule has 1 rings (SSSR count). The van der Waals surface area contributed by atoms with Crippen LogP contribution in [0.15, 0.2) is 22.9 Å². The topological polar surface area (TPSA) is 65.4 Å². The summed E-state index contributed by atoms with van der Waals surface area (Å²) in [6.07, 6.45) is 3.29. The zero-order valence-corrected chi connectivity index (χ0v) is 9.45. The van der Waals surface area contributed by atoms with Gasteiger partial charge in [0, 0.05) is 12.4 Å². The van der Waals surface area contributed by atoms with E-state index in [2.05, 4.69) is 26.2 Å². The van der Waals surface area contributed by atoms with Gasteiger partial charge >= 0.3 is 0 Å². The summed E-state index contributed by atoms with van der Waals surface area (Å²) < 4.78 is 0.799. The van der Waals surface area contributed by atoms with Crippen LogP contribution in [0.2, 0.25) is 0 Å². The van der Waals surface area contributed by atoms with Crippen molar-refractivity contribution in [3.05, 3.63) is 22.9 Å². The number of hydrogen-bond acceptors (Lipinski definition) is 4. The lowest BCUT2D eigenvalue weighted by Crippen LogP contribution is -2.42. The van der Waals surface area contributed by atoms with Crippen molar-refractivity contribution in [2.24, 2.45) is 0 Å². The van der Waals surface area contributed by atoms with Crippen molar-refractivity contribution in [1.29, 1.82) is 0 Å². The predicted molar refractivity (Wildman–Crippen MR) is 58.1 cm³/mol. The molecule has 0 bridgehead atoms. The summed E-state index contributed by atoms with van der Waals surface area (Å²) in [6.45, 7) is 1.45. The number of aliphatic hydroxyl groups is 2. The second kappa shape index (κ2) is 4.72. The molecule has 0 radical (unpaired) electrons. The minimum absolute atomic E-state index is 0.141. The SMILES string of the molecule is CC(CO)(CO)Nc1ccncc1Br. The number of rotatable bonds is 4. The van der Waals surface area contributed by atoms with Gasteiger partial charge in [0.25, 0.3) is 0 Å². The summed E-state index contributed by atoms with van der Waals surface area (Å²) in [5, 5.41) is 21.2. The molecule has 0 aliphatic carbocycles. The summed E-state index contributed by atoms with van der Waals surface area (Å²) in [6, 6.07) is 1.77. The molecule has 1 aromatic heterocycles. The molecule has 14 heavy (non-hydrogen) atoms. The van der Waals surface area contributed by atoms with E-state index in [-0.39, 0.29) is 13.2 Å². The largest absolute Gasteiger partial charge is 0.394 e. The number of nitrogens with zero attached hydrogens (tertiary/aromatic N) is 1. The molecule has 3 N–H and O–H groups in total. The first-order valence-electron chi connectivity index (χ1n) is 4.21. The van der Waals surface area contributed by atoms with Crippen molar-refractivity contribution in [1.82, 2.24) is 4.98 Å². The van der Waals surface area contributed by atoms with Crippen LogP contribution in [0, 0.1) is 0 Å². The minimum atomic E-state index is -0.718. The number of aliphatic hydroxyl groups excluding tert-OH is 2. The smallest absolute Gasteiger partial charge is 0.0806 e. The second-order valence-electron chi connectivity index (χ2n) is 3.36. The Morgan fingerprint density at radius 3 is 2.64 bits per heavy atom. The summed E-state index contributed by atoms with van der Waals surface area (Å²) in [5.74, 6) is 0. The second-order valence-corrected chi connectivity index (χ2v) is 4.21. The maximum atomic E-state index is 9.08. The van der Waals surface area contributed by atoms with Crippen LogP contribution in [-0.2, 0) is 0 Å². The lowest BCUT2D eigenvalue weighted by molar-refractivity contribution is 0.147. The van der Waals surface area contributed by atoms with E-state index in [0.29, 0.717) is 0 Å². The van der Waals surface area contributed by atoms with Crippen LogP contribution in [0.4, 0.5) is 5.69 Å². The highest BCUT2D eigenvalue weighted by atomic mass is 79.9. The quantitative estimate of drug-likeness (QED) is 0.756. The third-order valence-electron chi connectivity index (χ3n) is 1.91. The number of anilines is 1. The molecule has 5 heteroatoms. The Kier molecular flexibility index (Phi) is 3.86. The average Bonchev–Trinajstić information content (AvgIpc) is 2.21. The Balaban J connectivity index is 2.82. The maximum absolute atomic E-state index is 9.08. The molecule has 0 unspecified atom stereocenters. The van der Waals surface area contributed by atoms with Crippen LogP contribution < -0.4 is 5.32 Å². The lowest BCUT2D eigenvalue weighted by atomic mass is 10.1. The Morgan fingerprint density at radius 2 is 2.14 bits per heavy atom. The Labute approximate surface area is 91.1 Å². The molecule has 4 nitrogen and oxygen atoms in total. The number of nitrogens with one attached hydrogen (secondary N) is 1. The highest BCUT2D eigenvalue weighted by Gasteiger charge is 2.22. The van der Waals surface area contributed by atoms with Gasteiger partial charge < -0.3 is 15.5 Å². The van der Waals surface area contributed by atoms with Crippen LogP contribution in [0.5, 0.6) is 0 Å². The van der Waals surface area contributed by atoms with Gasteiger partial charge in [-0.05, 0) is 28.9 Å². The molecule has 1 aromatic rings. The fourth-order valence-corrected chi connectivity index (χ4v) is 1.28. The first kappa shape index (κ1) is 11.4. The van der Waals surface area contributed by atoms with Gasteiger partial charge in [-0.15, -0.1) is 0 Å². The van der Waals surface area contributed by atoms with Gasteiger partial charge in [-0.25, -0.2) is 0 Å². The van der Waals surface area contributed by atoms with Crippen LogP contribution in [0.25, 0.3) is 0 Å². The lowest BCUT2D eigenvalue weighted by Gasteiger charge is -2.27. The van der Waals surface area contributed by atoms with Gasteiger partial charge in [-0.1, -0.05) is 0 Å². The van der Waals surface area contributed by atoms with Crippen molar-refractivity contribution in [3.63, 3.8) is 0 Å². The highest BCUT2D eigenvalue weighted by molar-refractivity contribution is 9.10. The van der Waals surface area contributed by atoms with Gasteiger partial charge in [0.2, 0.25) is 0 Å². The summed E-state index contributed by atoms with van der Waals surface area (Å²) in [7, 11) is 0. The zero-order valence-electron chi connectivity index (χ0n) is 7.87. The third kappa shape index (κ3) is 2.67. The maximum Gasteiger partial charge on any atom is 0.0806 e. The Bertz CT molecular complexity index is 303. The molecule has 0 aliphatic heterocycles.